The Kier molecular flexibility index (Phi) is 4.33. The fourth-order valence-electron chi connectivity index (χ4n) is 1.62. The number of carbonyl (C=O) groups excluding carboxylic acids is 1. The minimum atomic E-state index is -0.239. The largest absolute Gasteiger partial charge is 0.397 e. The molecule has 2 rings (SSSR count). The van der Waals surface area contributed by atoms with E-state index in [2.05, 4.69) is 26.2 Å². The van der Waals surface area contributed by atoms with Crippen LogP contribution in [0.4, 0.5) is 11.4 Å². The predicted molar refractivity (Wildman–Crippen MR) is 79.8 cm³/mol. The van der Waals surface area contributed by atoms with Gasteiger partial charge in [0.15, 0.2) is 0 Å². The number of hydrogen-bond donors (Lipinski definition) is 2. The number of nitrogens with two attached hydrogens (primary N) is 1. The van der Waals surface area contributed by atoms with Gasteiger partial charge >= 0.3 is 0 Å². The molecule has 0 aliphatic heterocycles. The molecular weight excluding hydrogens is 320 g/mol. The van der Waals surface area contributed by atoms with E-state index in [4.69, 9.17) is 11.0 Å². The minimum Gasteiger partial charge on any atom is -0.397 e. The lowest BCUT2D eigenvalue weighted by Crippen LogP contribution is -2.16. The van der Waals surface area contributed by atoms with Gasteiger partial charge in [-0.1, -0.05) is 15.9 Å². The van der Waals surface area contributed by atoms with E-state index in [0.29, 0.717) is 22.6 Å². The molecule has 1 amide bonds. The average molecular weight is 331 g/mol. The van der Waals surface area contributed by atoms with E-state index in [9.17, 15) is 4.79 Å². The maximum atomic E-state index is 11.9. The highest BCUT2D eigenvalue weighted by atomic mass is 79.9. The van der Waals surface area contributed by atoms with Crippen LogP contribution in [-0.4, -0.2) is 10.9 Å². The normalized spacial score (nSPS) is 9.80. The van der Waals surface area contributed by atoms with E-state index in [1.165, 1.54) is 6.20 Å². The summed E-state index contributed by atoms with van der Waals surface area (Å²) in [4.78, 5) is 16.0. The molecule has 5 nitrogen and oxygen atoms in total. The van der Waals surface area contributed by atoms with Crippen molar-refractivity contribution < 1.29 is 4.79 Å². The SMILES string of the molecule is N#Cc1ccc(Br)cc1NC(=O)Cc1ccc(N)cn1. The molecule has 1 heterocycles. The zero-order valence-electron chi connectivity index (χ0n) is 10.4. The molecule has 0 unspecified atom stereocenters. The van der Waals surface area contributed by atoms with Crippen molar-refractivity contribution in [1.82, 2.24) is 4.98 Å². The summed E-state index contributed by atoms with van der Waals surface area (Å²) in [6.07, 6.45) is 1.63. The predicted octanol–water partition coefficient (Wildman–Crippen LogP) is 2.48. The fourth-order valence-corrected chi connectivity index (χ4v) is 1.98. The van der Waals surface area contributed by atoms with Crippen molar-refractivity contribution in [1.29, 1.82) is 5.26 Å². The van der Waals surface area contributed by atoms with Gasteiger partial charge in [0.05, 0.1) is 29.6 Å². The number of anilines is 2. The number of amides is 1. The standard InChI is InChI=1S/C14H11BrN4O/c15-10-2-1-9(7-16)13(5-10)19-14(20)6-12-4-3-11(17)8-18-12/h1-5,8H,6,17H2,(H,19,20). The number of pyridine rings is 1. The van der Waals surface area contributed by atoms with Crippen LogP contribution in [0.25, 0.3) is 0 Å². The summed E-state index contributed by atoms with van der Waals surface area (Å²) in [6.45, 7) is 0. The number of benzene rings is 1. The van der Waals surface area contributed by atoms with Crippen LogP contribution in [0.5, 0.6) is 0 Å². The lowest BCUT2D eigenvalue weighted by atomic mass is 10.2. The van der Waals surface area contributed by atoms with Gasteiger partial charge in [0.25, 0.3) is 0 Å². The zero-order chi connectivity index (χ0) is 14.5. The summed E-state index contributed by atoms with van der Waals surface area (Å²) in [5.41, 5.74) is 7.58. The van der Waals surface area contributed by atoms with Gasteiger partial charge in [-0.05, 0) is 30.3 Å². The van der Waals surface area contributed by atoms with Crippen LogP contribution >= 0.6 is 15.9 Å². The Bertz CT molecular complexity index is 677. The number of hydrogen-bond acceptors (Lipinski definition) is 4. The quantitative estimate of drug-likeness (QED) is 0.904. The maximum Gasteiger partial charge on any atom is 0.230 e. The highest BCUT2D eigenvalue weighted by Gasteiger charge is 2.09. The van der Waals surface area contributed by atoms with Gasteiger partial charge < -0.3 is 11.1 Å². The number of nitrogens with zero attached hydrogens (tertiary/aromatic N) is 2. The number of rotatable bonds is 3. The molecule has 0 fully saturated rings. The Hall–Kier alpha value is -2.39. The van der Waals surface area contributed by atoms with Crippen LogP contribution in [0.1, 0.15) is 11.3 Å². The number of aromatic nitrogens is 1. The van der Waals surface area contributed by atoms with Crippen molar-refractivity contribution in [2.24, 2.45) is 0 Å². The van der Waals surface area contributed by atoms with Crippen molar-refractivity contribution in [3.63, 3.8) is 0 Å². The average Bonchev–Trinajstić information content (AvgIpc) is 2.41. The minimum absolute atomic E-state index is 0.123. The Morgan fingerprint density at radius 1 is 1.40 bits per heavy atom. The van der Waals surface area contributed by atoms with Crippen LogP contribution in [-0.2, 0) is 11.2 Å². The molecule has 3 N–H and O–H groups in total. The summed E-state index contributed by atoms with van der Waals surface area (Å²) in [5, 5.41) is 11.7. The zero-order valence-corrected chi connectivity index (χ0v) is 12.0. The second kappa shape index (κ2) is 6.17. The molecule has 0 saturated carbocycles. The lowest BCUT2D eigenvalue weighted by Gasteiger charge is -2.07. The number of carbonyl (C=O) groups is 1. The number of nitrogens with one attached hydrogen (secondary N) is 1. The molecule has 1 aromatic heterocycles. The summed E-state index contributed by atoms with van der Waals surface area (Å²) < 4.78 is 0.789. The first kappa shape index (κ1) is 14.0. The maximum absolute atomic E-state index is 11.9. The number of halogens is 1. The van der Waals surface area contributed by atoms with Crippen molar-refractivity contribution >= 4 is 33.2 Å². The molecule has 1 aromatic carbocycles. The van der Waals surface area contributed by atoms with Gasteiger partial charge in [0.2, 0.25) is 5.91 Å². The van der Waals surface area contributed by atoms with Crippen LogP contribution in [0, 0.1) is 11.3 Å². The molecule has 2 aromatic rings. The second-order valence-electron chi connectivity index (χ2n) is 4.11. The van der Waals surface area contributed by atoms with Crippen molar-refractivity contribution in [2.45, 2.75) is 6.42 Å². The first-order valence-corrected chi connectivity index (χ1v) is 6.57. The van der Waals surface area contributed by atoms with Crippen LogP contribution in [0.3, 0.4) is 0 Å². The molecule has 0 bridgehead atoms. The van der Waals surface area contributed by atoms with Crippen molar-refractivity contribution in [3.05, 3.63) is 52.3 Å². The third-order valence-electron chi connectivity index (χ3n) is 2.57. The Labute approximate surface area is 124 Å². The fraction of sp³-hybridized carbons (Fsp3) is 0.0714. The summed E-state index contributed by atoms with van der Waals surface area (Å²) in [7, 11) is 0. The van der Waals surface area contributed by atoms with E-state index in [1.54, 1.807) is 30.3 Å². The lowest BCUT2D eigenvalue weighted by molar-refractivity contribution is -0.115. The van der Waals surface area contributed by atoms with Gasteiger partial charge in [-0.2, -0.15) is 5.26 Å². The Balaban J connectivity index is 2.10. The van der Waals surface area contributed by atoms with Gasteiger partial charge in [0, 0.05) is 10.2 Å². The first-order valence-electron chi connectivity index (χ1n) is 5.78. The highest BCUT2D eigenvalue weighted by Crippen LogP contribution is 2.21. The number of nitrogen functional groups attached to an aromatic ring is 1. The first-order chi connectivity index (χ1) is 9.58. The molecule has 0 aliphatic carbocycles. The van der Waals surface area contributed by atoms with Crippen molar-refractivity contribution in [3.8, 4) is 6.07 Å². The monoisotopic (exact) mass is 330 g/mol. The molecule has 0 radical (unpaired) electrons. The van der Waals surface area contributed by atoms with E-state index in [1.807, 2.05) is 6.07 Å². The van der Waals surface area contributed by atoms with Crippen LogP contribution in [0.2, 0.25) is 0 Å². The third-order valence-corrected chi connectivity index (χ3v) is 3.06. The summed E-state index contributed by atoms with van der Waals surface area (Å²) >= 11 is 3.30. The molecule has 0 atom stereocenters. The topological polar surface area (TPSA) is 91.8 Å². The summed E-state index contributed by atoms with van der Waals surface area (Å²) in [5.74, 6) is -0.239. The highest BCUT2D eigenvalue weighted by molar-refractivity contribution is 9.10. The van der Waals surface area contributed by atoms with E-state index in [-0.39, 0.29) is 12.3 Å². The molecule has 0 saturated heterocycles. The van der Waals surface area contributed by atoms with Gasteiger partial charge in [0.1, 0.15) is 6.07 Å². The second-order valence-corrected chi connectivity index (χ2v) is 5.03. The van der Waals surface area contributed by atoms with Gasteiger partial charge in [-0.25, -0.2) is 0 Å². The molecule has 100 valence electrons. The third kappa shape index (κ3) is 3.56. The van der Waals surface area contributed by atoms with Crippen molar-refractivity contribution in [2.75, 3.05) is 11.1 Å². The van der Waals surface area contributed by atoms with E-state index in [0.717, 1.165) is 4.47 Å². The summed E-state index contributed by atoms with van der Waals surface area (Å²) in [6, 6.07) is 10.5. The van der Waals surface area contributed by atoms with E-state index >= 15 is 0 Å². The molecular formula is C14H11BrN4O. The molecule has 20 heavy (non-hydrogen) atoms. The van der Waals surface area contributed by atoms with Crippen LogP contribution < -0.4 is 11.1 Å². The van der Waals surface area contributed by atoms with Gasteiger partial charge in [-0.3, -0.25) is 9.78 Å². The van der Waals surface area contributed by atoms with E-state index < -0.39 is 0 Å². The van der Waals surface area contributed by atoms with Crippen LogP contribution in [0.15, 0.2) is 41.0 Å². The molecule has 0 spiro atoms. The Morgan fingerprint density at radius 3 is 2.85 bits per heavy atom. The molecule has 0 aliphatic rings. The Morgan fingerprint density at radius 2 is 2.20 bits per heavy atom. The smallest absolute Gasteiger partial charge is 0.230 e. The molecule has 6 heteroatoms. The van der Waals surface area contributed by atoms with Gasteiger partial charge in [-0.15, -0.1) is 0 Å². The number of nitriles is 1.